The van der Waals surface area contributed by atoms with Crippen LogP contribution in [0.4, 0.5) is 15.9 Å². The van der Waals surface area contributed by atoms with Crippen molar-refractivity contribution < 1.29 is 14.2 Å². The van der Waals surface area contributed by atoms with E-state index in [9.17, 15) is 0 Å². The number of aromatic nitrogens is 3. The number of aromatic amines is 1. The third-order valence-electron chi connectivity index (χ3n) is 6.21. The Hall–Kier alpha value is -4.43. The third kappa shape index (κ3) is 6.35. The lowest BCUT2D eigenvalue weighted by Crippen LogP contribution is -2.17. The Balaban J connectivity index is 0.00000112. The van der Waals surface area contributed by atoms with Crippen molar-refractivity contribution in [3.63, 3.8) is 0 Å². The second-order valence-electron chi connectivity index (χ2n) is 8.86. The van der Waals surface area contributed by atoms with Gasteiger partial charge in [-0.2, -0.15) is 0 Å². The first kappa shape index (κ1) is 27.6. The summed E-state index contributed by atoms with van der Waals surface area (Å²) in [5.74, 6) is 0.902. The summed E-state index contributed by atoms with van der Waals surface area (Å²) in [7, 11) is 0. The average molecular weight is 528 g/mol. The van der Waals surface area contributed by atoms with Gasteiger partial charge in [0.25, 0.3) is 0 Å². The number of pyridine rings is 1. The quantitative estimate of drug-likeness (QED) is 0.183. The Kier molecular flexibility index (Phi) is 9.12. The Morgan fingerprint density at radius 3 is 2.51 bits per heavy atom. The smallest absolute Gasteiger partial charge is 0.170 e. The summed E-state index contributed by atoms with van der Waals surface area (Å²) in [5, 5.41) is 12.9. The zero-order chi connectivity index (χ0) is 27.8. The van der Waals surface area contributed by atoms with Gasteiger partial charge in [-0.15, -0.1) is 0 Å². The van der Waals surface area contributed by atoms with Crippen molar-refractivity contribution in [1.82, 2.24) is 15.0 Å². The van der Waals surface area contributed by atoms with Crippen LogP contribution < -0.4 is 15.8 Å². The summed E-state index contributed by atoms with van der Waals surface area (Å²) in [6, 6.07) is 20.7. The Morgan fingerprint density at radius 2 is 1.79 bits per heavy atom. The number of aliphatic hydroxyl groups excluding tert-OH is 1. The molecule has 202 valence electrons. The van der Waals surface area contributed by atoms with Crippen LogP contribution in [0.1, 0.15) is 43.8 Å². The number of anilines is 2. The van der Waals surface area contributed by atoms with Gasteiger partial charge in [-0.25, -0.2) is 14.4 Å². The van der Waals surface area contributed by atoms with Gasteiger partial charge in [-0.1, -0.05) is 43.3 Å². The molecule has 39 heavy (non-hydrogen) atoms. The molecule has 5 rings (SSSR count). The normalized spacial score (nSPS) is 11.5. The fourth-order valence-corrected chi connectivity index (χ4v) is 4.35. The fraction of sp³-hybridized carbons (Fsp3) is 0.226. The zero-order valence-corrected chi connectivity index (χ0v) is 22.4. The number of benzene rings is 3. The maximum absolute atomic E-state index is 15.8. The minimum absolute atomic E-state index is 0.242. The number of rotatable bonds is 8. The van der Waals surface area contributed by atoms with Crippen LogP contribution in [0.25, 0.3) is 22.0 Å². The number of nitrogens with one attached hydrogen (secondary N) is 2. The molecule has 3 aromatic carbocycles. The predicted molar refractivity (Wildman–Crippen MR) is 155 cm³/mol. The highest BCUT2D eigenvalue weighted by Gasteiger charge is 2.25. The van der Waals surface area contributed by atoms with Gasteiger partial charge in [0.15, 0.2) is 11.6 Å². The molecule has 0 bridgehead atoms. The Bertz CT molecular complexity index is 1520. The second kappa shape index (κ2) is 12.9. The SMILES string of the molecule is CCO.CCOc1cc(CC)cc(C(Nc2ccc3c(N)nccc3c2)c2ncc(-c3ccccc3)[nH]2)c1F. The lowest BCUT2D eigenvalue weighted by atomic mass is 9.99. The number of H-pyrrole nitrogens is 1. The number of halogens is 1. The number of nitrogens with zero attached hydrogens (tertiary/aromatic N) is 2. The largest absolute Gasteiger partial charge is 0.491 e. The third-order valence-corrected chi connectivity index (χ3v) is 6.21. The van der Waals surface area contributed by atoms with Crippen LogP contribution in [-0.4, -0.2) is 33.3 Å². The van der Waals surface area contributed by atoms with Crippen LogP contribution in [0.5, 0.6) is 5.75 Å². The van der Waals surface area contributed by atoms with Gasteiger partial charge in [0.05, 0.1) is 18.5 Å². The van der Waals surface area contributed by atoms with Gasteiger partial charge < -0.3 is 25.9 Å². The lowest BCUT2D eigenvalue weighted by Gasteiger charge is -2.22. The number of hydrogen-bond acceptors (Lipinski definition) is 6. The molecule has 0 saturated carbocycles. The highest BCUT2D eigenvalue weighted by atomic mass is 19.1. The van der Waals surface area contributed by atoms with E-state index in [1.54, 1.807) is 25.4 Å². The highest BCUT2D eigenvalue weighted by Crippen LogP contribution is 2.34. The highest BCUT2D eigenvalue weighted by molar-refractivity contribution is 5.92. The molecule has 0 spiro atoms. The summed E-state index contributed by atoms with van der Waals surface area (Å²) >= 11 is 0. The van der Waals surface area contributed by atoms with Crippen LogP contribution in [0.15, 0.2) is 79.1 Å². The van der Waals surface area contributed by atoms with E-state index in [1.165, 1.54) is 0 Å². The van der Waals surface area contributed by atoms with Gasteiger partial charge in [0, 0.05) is 29.4 Å². The second-order valence-corrected chi connectivity index (χ2v) is 8.86. The van der Waals surface area contributed by atoms with Crippen LogP contribution in [-0.2, 0) is 6.42 Å². The zero-order valence-electron chi connectivity index (χ0n) is 22.4. The van der Waals surface area contributed by atoms with Crippen LogP contribution in [0.3, 0.4) is 0 Å². The van der Waals surface area contributed by atoms with E-state index in [2.05, 4.69) is 20.3 Å². The molecule has 0 fully saturated rings. The minimum Gasteiger partial charge on any atom is -0.491 e. The van der Waals surface area contributed by atoms with E-state index in [4.69, 9.17) is 15.6 Å². The molecule has 2 aromatic heterocycles. The van der Waals surface area contributed by atoms with Crippen molar-refractivity contribution in [3.8, 4) is 17.0 Å². The summed E-state index contributed by atoms with van der Waals surface area (Å²) in [5.41, 5.74) is 10.1. The van der Waals surface area contributed by atoms with E-state index in [1.807, 2.05) is 74.5 Å². The first-order chi connectivity index (χ1) is 19.0. The molecular formula is C31H34FN5O2. The van der Waals surface area contributed by atoms with Crippen molar-refractivity contribution in [2.24, 2.45) is 0 Å². The van der Waals surface area contributed by atoms with Gasteiger partial charge >= 0.3 is 0 Å². The number of nitrogen functional groups attached to an aromatic ring is 1. The summed E-state index contributed by atoms with van der Waals surface area (Å²) in [4.78, 5) is 12.2. The summed E-state index contributed by atoms with van der Waals surface area (Å²) in [6.07, 6.45) is 4.20. The summed E-state index contributed by atoms with van der Waals surface area (Å²) < 4.78 is 21.5. The number of nitrogens with two attached hydrogens (primary N) is 1. The maximum atomic E-state index is 15.8. The number of ether oxygens (including phenoxy) is 1. The Morgan fingerprint density at radius 1 is 1.03 bits per heavy atom. The molecule has 0 aliphatic heterocycles. The number of hydrogen-bond donors (Lipinski definition) is 4. The minimum atomic E-state index is -0.593. The van der Waals surface area contributed by atoms with E-state index >= 15 is 4.39 Å². The number of imidazole rings is 1. The molecular weight excluding hydrogens is 493 g/mol. The lowest BCUT2D eigenvalue weighted by molar-refractivity contribution is 0.318. The van der Waals surface area contributed by atoms with E-state index < -0.39 is 11.9 Å². The van der Waals surface area contributed by atoms with Crippen LogP contribution >= 0.6 is 0 Å². The van der Waals surface area contributed by atoms with E-state index in [0.717, 1.165) is 39.7 Å². The van der Waals surface area contributed by atoms with Gasteiger partial charge in [0.2, 0.25) is 0 Å². The van der Waals surface area contributed by atoms with Crippen molar-refractivity contribution in [1.29, 1.82) is 0 Å². The summed E-state index contributed by atoms with van der Waals surface area (Å²) in [6.45, 7) is 6.19. The van der Waals surface area contributed by atoms with Crippen molar-refractivity contribution in [2.45, 2.75) is 33.2 Å². The molecule has 5 aromatic rings. The average Bonchev–Trinajstić information content (AvgIpc) is 3.44. The molecule has 5 N–H and O–H groups in total. The number of aryl methyl sites for hydroxylation is 1. The Labute approximate surface area is 227 Å². The number of aliphatic hydroxyl groups is 1. The first-order valence-corrected chi connectivity index (χ1v) is 13.1. The maximum Gasteiger partial charge on any atom is 0.170 e. The topological polar surface area (TPSA) is 109 Å². The monoisotopic (exact) mass is 527 g/mol. The molecule has 0 aliphatic rings. The molecule has 0 radical (unpaired) electrons. The first-order valence-electron chi connectivity index (χ1n) is 13.1. The molecule has 1 atom stereocenters. The molecule has 2 heterocycles. The predicted octanol–water partition coefficient (Wildman–Crippen LogP) is 6.51. The van der Waals surface area contributed by atoms with Crippen molar-refractivity contribution >= 4 is 22.3 Å². The van der Waals surface area contributed by atoms with Gasteiger partial charge in [0.1, 0.15) is 17.7 Å². The molecule has 1 unspecified atom stereocenters. The molecule has 0 amide bonds. The van der Waals surface area contributed by atoms with Gasteiger partial charge in [-0.05, 0) is 67.1 Å². The molecule has 0 saturated heterocycles. The molecule has 0 aliphatic carbocycles. The molecule has 7 nitrogen and oxygen atoms in total. The van der Waals surface area contributed by atoms with E-state index in [0.29, 0.717) is 23.8 Å². The van der Waals surface area contributed by atoms with Crippen LogP contribution in [0.2, 0.25) is 0 Å². The van der Waals surface area contributed by atoms with Crippen molar-refractivity contribution in [2.75, 3.05) is 24.3 Å². The number of fused-ring (bicyclic) bond motifs is 1. The fourth-order valence-electron chi connectivity index (χ4n) is 4.35. The van der Waals surface area contributed by atoms with E-state index in [-0.39, 0.29) is 12.4 Å². The standard InChI is InChI=1S/C29H28FN5O.C2H6O/c1-3-18-14-23(26(30)25(15-18)36-4-2)27(29-33-17-24(35-29)19-8-6-5-7-9-19)34-21-10-11-22-20(16-21)12-13-32-28(22)31;1-2-3/h5-17,27,34H,3-4H2,1-2H3,(H2,31,32)(H,33,35);3H,2H2,1H3. The van der Waals surface area contributed by atoms with Crippen LogP contribution in [0, 0.1) is 5.82 Å². The molecule has 8 heteroatoms. The van der Waals surface area contributed by atoms with Crippen molar-refractivity contribution in [3.05, 3.63) is 102 Å². The van der Waals surface area contributed by atoms with Gasteiger partial charge in [-0.3, -0.25) is 0 Å².